The summed E-state index contributed by atoms with van der Waals surface area (Å²) in [5.41, 5.74) is 1.10. The Labute approximate surface area is 186 Å². The van der Waals surface area contributed by atoms with Crippen molar-refractivity contribution in [3.05, 3.63) is 11.6 Å². The van der Waals surface area contributed by atoms with Crippen molar-refractivity contribution >= 4 is 23.7 Å². The van der Waals surface area contributed by atoms with Crippen molar-refractivity contribution in [3.8, 4) is 0 Å². The molecule has 3 N–H and O–H groups in total. The van der Waals surface area contributed by atoms with Crippen molar-refractivity contribution in [2.24, 2.45) is 5.92 Å². The van der Waals surface area contributed by atoms with E-state index in [9.17, 15) is 14.7 Å². The molecule has 5 nitrogen and oxygen atoms in total. The molecule has 6 heteroatoms. The average Bonchev–Trinajstić information content (AvgIpc) is 2.69. The van der Waals surface area contributed by atoms with Crippen molar-refractivity contribution in [1.29, 1.82) is 0 Å². The summed E-state index contributed by atoms with van der Waals surface area (Å²) >= 11 is 1.23. The minimum absolute atomic E-state index is 0.0584. The molecule has 0 bridgehead atoms. The lowest BCUT2D eigenvalue weighted by molar-refractivity contribution is -0.139. The molecule has 1 rings (SSSR count). The van der Waals surface area contributed by atoms with Crippen molar-refractivity contribution < 1.29 is 24.9 Å². The van der Waals surface area contributed by atoms with Gasteiger partial charge >= 0.3 is 11.9 Å². The number of hydrogen-bond acceptors (Lipinski definition) is 4. The van der Waals surface area contributed by atoms with E-state index in [2.05, 4.69) is 13.0 Å². The molecule has 0 unspecified atom stereocenters. The topological polar surface area (TPSA) is 94.8 Å². The van der Waals surface area contributed by atoms with Gasteiger partial charge in [0, 0.05) is 0 Å². The second kappa shape index (κ2) is 16.7. The van der Waals surface area contributed by atoms with Gasteiger partial charge in [-0.25, -0.2) is 0 Å². The number of hydrogen-bond donors (Lipinski definition) is 3. The van der Waals surface area contributed by atoms with Crippen LogP contribution in [0.1, 0.15) is 103 Å². The highest BCUT2D eigenvalue weighted by atomic mass is 32.2. The van der Waals surface area contributed by atoms with Crippen LogP contribution in [0.2, 0.25) is 0 Å². The van der Waals surface area contributed by atoms with Crippen LogP contribution < -0.4 is 0 Å². The first kappa shape index (κ1) is 27.0. The average molecular weight is 443 g/mol. The van der Waals surface area contributed by atoms with Crippen LogP contribution in [0.3, 0.4) is 0 Å². The SMILES string of the molecule is CCCCCCCCCCCCCC=C1CC[C@@H](CC(=O)O)[C@@H](O)[C@@H]1SCC(=O)O. The van der Waals surface area contributed by atoms with E-state index in [0.717, 1.165) is 24.8 Å². The summed E-state index contributed by atoms with van der Waals surface area (Å²) in [5.74, 6) is -2.18. The first-order valence-electron chi connectivity index (χ1n) is 11.9. The number of carboxylic acid groups (broad SMARTS) is 2. The van der Waals surface area contributed by atoms with Crippen molar-refractivity contribution in [2.75, 3.05) is 5.75 Å². The summed E-state index contributed by atoms with van der Waals surface area (Å²) in [7, 11) is 0. The molecule has 0 radical (unpaired) electrons. The van der Waals surface area contributed by atoms with Gasteiger partial charge in [-0.15, -0.1) is 11.8 Å². The van der Waals surface area contributed by atoms with E-state index in [4.69, 9.17) is 10.2 Å². The molecule has 1 aliphatic carbocycles. The maximum Gasteiger partial charge on any atom is 0.313 e. The molecule has 0 saturated heterocycles. The van der Waals surface area contributed by atoms with Crippen LogP contribution in [0, 0.1) is 5.92 Å². The molecule has 0 aromatic carbocycles. The Balaban J connectivity index is 2.30. The number of allylic oxidation sites excluding steroid dienone is 1. The summed E-state index contributed by atoms with van der Waals surface area (Å²) in [5, 5.41) is 28.4. The summed E-state index contributed by atoms with van der Waals surface area (Å²) in [6.07, 6.45) is 18.0. The van der Waals surface area contributed by atoms with Gasteiger partial charge in [0.05, 0.1) is 23.5 Å². The lowest BCUT2D eigenvalue weighted by atomic mass is 9.80. The maximum atomic E-state index is 11.0. The second-order valence-corrected chi connectivity index (χ2v) is 9.75. The smallest absolute Gasteiger partial charge is 0.313 e. The van der Waals surface area contributed by atoms with Crippen molar-refractivity contribution in [3.63, 3.8) is 0 Å². The predicted molar refractivity (Wildman–Crippen MR) is 124 cm³/mol. The number of aliphatic carboxylic acids is 2. The zero-order valence-electron chi connectivity index (χ0n) is 18.7. The molecule has 174 valence electrons. The molecule has 0 aromatic heterocycles. The molecule has 3 atom stereocenters. The lowest BCUT2D eigenvalue weighted by Gasteiger charge is -2.36. The van der Waals surface area contributed by atoms with Crippen LogP contribution in [0.15, 0.2) is 11.6 Å². The Morgan fingerprint density at radius 1 is 0.933 bits per heavy atom. The van der Waals surface area contributed by atoms with E-state index < -0.39 is 18.0 Å². The van der Waals surface area contributed by atoms with Crippen molar-refractivity contribution in [2.45, 2.75) is 115 Å². The van der Waals surface area contributed by atoms with E-state index in [1.54, 1.807) is 0 Å². The van der Waals surface area contributed by atoms with Crippen LogP contribution in [0.25, 0.3) is 0 Å². The molecule has 30 heavy (non-hydrogen) atoms. The number of rotatable bonds is 17. The van der Waals surface area contributed by atoms with Gasteiger partial charge < -0.3 is 15.3 Å². The van der Waals surface area contributed by atoms with Crippen LogP contribution >= 0.6 is 11.8 Å². The number of aliphatic hydroxyl groups excluding tert-OH is 1. The standard InChI is InChI=1S/C24H42O5S/c1-2-3-4-5-6-7-8-9-10-11-12-13-14-19-15-16-20(17-21(25)26)23(29)24(19)30-18-22(27)28/h14,20,23-24,29H,2-13,15-18H2,1H3,(H,25,26)(H,27,28)/t20-,23+,24+/m0/s1. The predicted octanol–water partition coefficient (Wildman–Crippen LogP) is 6.05. The molecule has 1 fully saturated rings. The molecule has 0 heterocycles. The first-order chi connectivity index (χ1) is 14.5. The van der Waals surface area contributed by atoms with Gasteiger partial charge in [-0.2, -0.15) is 0 Å². The third kappa shape index (κ3) is 12.0. The van der Waals surface area contributed by atoms with Crippen LogP contribution in [-0.2, 0) is 9.59 Å². The fraction of sp³-hybridized carbons (Fsp3) is 0.833. The lowest BCUT2D eigenvalue weighted by Crippen LogP contribution is -2.38. The van der Waals surface area contributed by atoms with Crippen LogP contribution in [-0.4, -0.2) is 44.4 Å². The molecule has 0 aliphatic heterocycles. The Morgan fingerprint density at radius 2 is 1.50 bits per heavy atom. The zero-order chi connectivity index (χ0) is 22.2. The Hall–Kier alpha value is -1.01. The van der Waals surface area contributed by atoms with Gasteiger partial charge in [0.25, 0.3) is 0 Å². The Kier molecular flexibility index (Phi) is 15.0. The summed E-state index contributed by atoms with van der Waals surface area (Å²) in [4.78, 5) is 22.0. The Bertz CT molecular complexity index is 520. The van der Waals surface area contributed by atoms with Gasteiger partial charge in [-0.3, -0.25) is 9.59 Å². The van der Waals surface area contributed by atoms with E-state index in [-0.39, 0.29) is 23.3 Å². The fourth-order valence-corrected chi connectivity index (χ4v) is 5.43. The quantitative estimate of drug-likeness (QED) is 0.188. The van der Waals surface area contributed by atoms with Crippen molar-refractivity contribution in [1.82, 2.24) is 0 Å². The highest BCUT2D eigenvalue weighted by Crippen LogP contribution is 2.38. The summed E-state index contributed by atoms with van der Waals surface area (Å²) < 4.78 is 0. The van der Waals surface area contributed by atoms with Gasteiger partial charge in [0.1, 0.15) is 0 Å². The van der Waals surface area contributed by atoms with Gasteiger partial charge in [-0.05, 0) is 31.6 Å². The normalized spacial score (nSPS) is 23.0. The molecule has 1 saturated carbocycles. The fourth-order valence-electron chi connectivity index (χ4n) is 4.26. The minimum Gasteiger partial charge on any atom is -0.481 e. The first-order valence-corrected chi connectivity index (χ1v) is 12.9. The number of thioether (sulfide) groups is 1. The molecule has 0 spiro atoms. The molecular weight excluding hydrogens is 400 g/mol. The monoisotopic (exact) mass is 442 g/mol. The third-order valence-electron chi connectivity index (χ3n) is 6.00. The number of unbranched alkanes of at least 4 members (excludes halogenated alkanes) is 11. The number of carboxylic acids is 2. The van der Waals surface area contributed by atoms with Crippen LogP contribution in [0.4, 0.5) is 0 Å². The molecule has 0 aromatic rings. The van der Waals surface area contributed by atoms with E-state index in [0.29, 0.717) is 6.42 Å². The van der Waals surface area contributed by atoms with Gasteiger partial charge in [0.2, 0.25) is 0 Å². The van der Waals surface area contributed by atoms with E-state index in [1.165, 1.54) is 76.0 Å². The third-order valence-corrected chi connectivity index (χ3v) is 7.35. The minimum atomic E-state index is -0.908. The summed E-state index contributed by atoms with van der Waals surface area (Å²) in [6.45, 7) is 2.25. The van der Waals surface area contributed by atoms with Gasteiger partial charge in [0.15, 0.2) is 0 Å². The number of carbonyl (C=O) groups is 2. The second-order valence-electron chi connectivity index (χ2n) is 8.62. The number of aliphatic hydroxyl groups is 1. The van der Waals surface area contributed by atoms with E-state index >= 15 is 0 Å². The zero-order valence-corrected chi connectivity index (χ0v) is 19.5. The maximum absolute atomic E-state index is 11.0. The highest BCUT2D eigenvalue weighted by Gasteiger charge is 2.36. The molecule has 0 amide bonds. The van der Waals surface area contributed by atoms with E-state index in [1.807, 2.05) is 0 Å². The highest BCUT2D eigenvalue weighted by molar-refractivity contribution is 8.00. The molecule has 1 aliphatic rings. The Morgan fingerprint density at radius 3 is 2.03 bits per heavy atom. The summed E-state index contributed by atoms with van der Waals surface area (Å²) in [6, 6.07) is 0. The van der Waals surface area contributed by atoms with Crippen LogP contribution in [0.5, 0.6) is 0 Å². The largest absolute Gasteiger partial charge is 0.481 e. The molecular formula is C24H42O5S. The van der Waals surface area contributed by atoms with Gasteiger partial charge in [-0.1, -0.05) is 82.8 Å².